The van der Waals surface area contributed by atoms with Gasteiger partial charge in [0.2, 0.25) is 0 Å². The number of rotatable bonds is 40. The number of allylic oxidation sites excluding steroid dienone is 6. The van der Waals surface area contributed by atoms with Gasteiger partial charge in [-0.15, -0.1) is 0 Å². The van der Waals surface area contributed by atoms with Crippen LogP contribution in [0, 0.1) is 0 Å². The normalized spacial score (nSPS) is 12.5. The summed E-state index contributed by atoms with van der Waals surface area (Å²) in [5.74, 6) is -0.667. The third-order valence-electron chi connectivity index (χ3n) is 9.82. The Hall–Kier alpha value is -1.84. The summed E-state index contributed by atoms with van der Waals surface area (Å²) in [5.41, 5.74) is 0. The number of hydrogen-bond acceptors (Lipinski definition) is 3. The van der Waals surface area contributed by atoms with E-state index in [1.165, 1.54) is 173 Å². The summed E-state index contributed by atoms with van der Waals surface area (Å²) in [6, 6.07) is 0. The van der Waals surface area contributed by atoms with Gasteiger partial charge in [-0.1, -0.05) is 172 Å². The Bertz CT molecular complexity index is 798. The lowest BCUT2D eigenvalue weighted by atomic mass is 10.0. The van der Waals surface area contributed by atoms with Crippen molar-refractivity contribution in [3.05, 3.63) is 36.5 Å². The lowest BCUT2D eigenvalue weighted by Gasteiger charge is -2.13. The average molecular weight is 701 g/mol. The Morgan fingerprint density at radius 2 is 0.800 bits per heavy atom. The molecule has 1 atom stereocenters. The van der Waals surface area contributed by atoms with Crippen molar-refractivity contribution in [2.45, 2.75) is 245 Å². The zero-order valence-corrected chi connectivity index (χ0v) is 33.5. The van der Waals surface area contributed by atoms with Crippen LogP contribution in [0.15, 0.2) is 36.5 Å². The van der Waals surface area contributed by atoms with Gasteiger partial charge in [-0.3, -0.25) is 9.59 Å². The maximum atomic E-state index is 12.2. The smallest absolute Gasteiger partial charge is 0.306 e. The van der Waals surface area contributed by atoms with Gasteiger partial charge in [0.25, 0.3) is 0 Å². The molecule has 0 amide bonds. The van der Waals surface area contributed by atoms with Crippen molar-refractivity contribution in [3.63, 3.8) is 0 Å². The van der Waals surface area contributed by atoms with E-state index >= 15 is 0 Å². The van der Waals surface area contributed by atoms with Crippen molar-refractivity contribution in [2.24, 2.45) is 0 Å². The largest absolute Gasteiger partial charge is 0.481 e. The first kappa shape index (κ1) is 48.2. The molecule has 50 heavy (non-hydrogen) atoms. The van der Waals surface area contributed by atoms with Gasteiger partial charge < -0.3 is 9.84 Å². The topological polar surface area (TPSA) is 63.6 Å². The Labute approximate surface area is 311 Å². The highest BCUT2D eigenvalue weighted by molar-refractivity contribution is 5.69. The Morgan fingerprint density at radius 3 is 1.24 bits per heavy atom. The quantitative estimate of drug-likeness (QED) is 0.0393. The van der Waals surface area contributed by atoms with Gasteiger partial charge in [-0.05, 0) is 90.4 Å². The first-order valence-electron chi connectivity index (χ1n) is 21.9. The minimum atomic E-state index is -0.663. The van der Waals surface area contributed by atoms with Crippen LogP contribution in [0.3, 0.4) is 0 Å². The molecule has 0 spiro atoms. The number of aliphatic carboxylic acids is 1. The predicted molar refractivity (Wildman–Crippen MR) is 218 cm³/mol. The number of unbranched alkanes of at least 4 members (excludes halogenated alkanes) is 27. The van der Waals surface area contributed by atoms with Crippen molar-refractivity contribution in [3.8, 4) is 0 Å². The van der Waals surface area contributed by atoms with Crippen molar-refractivity contribution in [1.82, 2.24) is 0 Å². The summed E-state index contributed by atoms with van der Waals surface area (Å²) in [6.45, 7) is 4.32. The van der Waals surface area contributed by atoms with Gasteiger partial charge in [-0.25, -0.2) is 0 Å². The zero-order valence-electron chi connectivity index (χ0n) is 33.5. The molecule has 0 aliphatic rings. The van der Waals surface area contributed by atoms with E-state index in [1.807, 2.05) is 0 Å². The highest BCUT2D eigenvalue weighted by atomic mass is 16.5. The fourth-order valence-electron chi connectivity index (χ4n) is 6.54. The van der Waals surface area contributed by atoms with E-state index < -0.39 is 5.97 Å². The fourth-order valence-corrected chi connectivity index (χ4v) is 6.54. The van der Waals surface area contributed by atoms with Crippen LogP contribution in [0.1, 0.15) is 239 Å². The van der Waals surface area contributed by atoms with Crippen molar-refractivity contribution >= 4 is 11.9 Å². The Balaban J connectivity index is 3.34. The number of esters is 1. The van der Waals surface area contributed by atoms with Gasteiger partial charge in [0.15, 0.2) is 0 Å². The Kier molecular flexibility index (Phi) is 40.0. The summed E-state index contributed by atoms with van der Waals surface area (Å²) < 4.78 is 5.66. The molecule has 1 unspecified atom stereocenters. The van der Waals surface area contributed by atoms with Gasteiger partial charge in [-0.2, -0.15) is 0 Å². The van der Waals surface area contributed by atoms with E-state index in [1.54, 1.807) is 0 Å². The molecule has 292 valence electrons. The van der Waals surface area contributed by atoms with E-state index in [9.17, 15) is 9.59 Å². The maximum Gasteiger partial charge on any atom is 0.306 e. The number of carbonyl (C=O) groups excluding carboxylic acids is 1. The second-order valence-corrected chi connectivity index (χ2v) is 15.0. The van der Waals surface area contributed by atoms with Crippen molar-refractivity contribution < 1.29 is 19.4 Å². The molecule has 0 bridgehead atoms. The standard InChI is InChI=1S/C46H84O4/c1-3-4-5-6-7-8-9-10-11-12-13-14-15-19-22-25-28-31-34-37-40-43-46(49)50-44(2)41-38-35-32-29-26-23-20-17-16-18-21-24-27-30-33-36-39-42-45(47)48/h7-8,10-11,19,22,44H,3-6,9,12-18,20-21,23-43H2,1-2H3,(H,47,48)/b8-7-,11-10-,22-19-. The van der Waals surface area contributed by atoms with E-state index in [0.717, 1.165) is 38.5 Å². The second kappa shape index (κ2) is 41.6. The van der Waals surface area contributed by atoms with Crippen LogP contribution in [0.2, 0.25) is 0 Å². The maximum absolute atomic E-state index is 12.2. The summed E-state index contributed by atoms with van der Waals surface area (Å²) >= 11 is 0. The summed E-state index contributed by atoms with van der Waals surface area (Å²) in [7, 11) is 0. The van der Waals surface area contributed by atoms with Crippen LogP contribution < -0.4 is 0 Å². The second-order valence-electron chi connectivity index (χ2n) is 15.0. The number of carboxylic acid groups (broad SMARTS) is 1. The molecule has 0 fully saturated rings. The molecule has 0 rings (SSSR count). The first-order chi connectivity index (χ1) is 24.6. The van der Waals surface area contributed by atoms with Gasteiger partial charge in [0.1, 0.15) is 0 Å². The highest BCUT2D eigenvalue weighted by Gasteiger charge is 2.09. The molecule has 4 nitrogen and oxygen atoms in total. The average Bonchev–Trinajstić information content (AvgIpc) is 3.09. The van der Waals surface area contributed by atoms with Crippen LogP contribution in [-0.4, -0.2) is 23.1 Å². The molecule has 0 saturated carbocycles. The molecule has 1 N–H and O–H groups in total. The lowest BCUT2D eigenvalue weighted by Crippen LogP contribution is -2.14. The van der Waals surface area contributed by atoms with Crippen LogP contribution in [0.25, 0.3) is 0 Å². The molecule has 4 heteroatoms. The zero-order chi connectivity index (χ0) is 36.4. The van der Waals surface area contributed by atoms with E-state index in [4.69, 9.17) is 9.84 Å². The van der Waals surface area contributed by atoms with Crippen LogP contribution in [0.5, 0.6) is 0 Å². The van der Waals surface area contributed by atoms with Gasteiger partial charge in [0.05, 0.1) is 6.10 Å². The van der Waals surface area contributed by atoms with Crippen LogP contribution >= 0.6 is 0 Å². The third-order valence-corrected chi connectivity index (χ3v) is 9.82. The number of carboxylic acids is 1. The number of ether oxygens (including phenoxy) is 1. The van der Waals surface area contributed by atoms with Crippen molar-refractivity contribution in [2.75, 3.05) is 0 Å². The van der Waals surface area contributed by atoms with Crippen LogP contribution in [0.4, 0.5) is 0 Å². The van der Waals surface area contributed by atoms with Crippen LogP contribution in [-0.2, 0) is 14.3 Å². The summed E-state index contributed by atoms with van der Waals surface area (Å²) in [5, 5.41) is 8.65. The third kappa shape index (κ3) is 42.3. The first-order valence-corrected chi connectivity index (χ1v) is 21.9. The minimum Gasteiger partial charge on any atom is -0.481 e. The molecular formula is C46H84O4. The van der Waals surface area contributed by atoms with Gasteiger partial charge >= 0.3 is 11.9 Å². The predicted octanol–water partition coefficient (Wildman–Crippen LogP) is 15.3. The molecule has 0 aromatic rings. The number of hydrogen-bond donors (Lipinski definition) is 1. The summed E-state index contributed by atoms with van der Waals surface area (Å²) in [6.07, 6.45) is 56.0. The fraction of sp³-hybridized carbons (Fsp3) is 0.826. The summed E-state index contributed by atoms with van der Waals surface area (Å²) in [4.78, 5) is 22.7. The van der Waals surface area contributed by atoms with E-state index in [-0.39, 0.29) is 12.1 Å². The minimum absolute atomic E-state index is 0.00414. The number of carbonyl (C=O) groups is 2. The molecule has 0 saturated heterocycles. The molecule has 0 aliphatic heterocycles. The Morgan fingerprint density at radius 1 is 0.460 bits per heavy atom. The molecule has 0 aliphatic carbocycles. The molecule has 0 aromatic carbocycles. The molecule has 0 radical (unpaired) electrons. The lowest BCUT2D eigenvalue weighted by molar-refractivity contribution is -0.148. The van der Waals surface area contributed by atoms with E-state index in [2.05, 4.69) is 50.3 Å². The molecule has 0 aromatic heterocycles. The van der Waals surface area contributed by atoms with Gasteiger partial charge in [0, 0.05) is 12.8 Å². The molecule has 0 heterocycles. The monoisotopic (exact) mass is 701 g/mol. The van der Waals surface area contributed by atoms with E-state index in [0.29, 0.717) is 12.8 Å². The molecular weight excluding hydrogens is 617 g/mol. The highest BCUT2D eigenvalue weighted by Crippen LogP contribution is 2.16. The van der Waals surface area contributed by atoms with Crippen molar-refractivity contribution in [1.29, 1.82) is 0 Å². The SMILES string of the molecule is CCCCC/C=C\C/C=C\CCCC/C=C\CCCCCCCC(=O)OC(C)CCCCCCCCCCCCCCCCCCCC(=O)O.